The molecule has 4 heteroatoms. The molecule has 2 aromatic carbocycles. The molecule has 2 nitrogen and oxygen atoms in total. The minimum Gasteiger partial charge on any atom is -0.497 e. The maximum Gasteiger partial charge on any atom is 0.134 e. The Hall–Kier alpha value is -1.71. The standard InChI is InChI=1S/C17H15ClO2S/c1-19-14-6-5-11-9-13(4-3-12(11)10-14)16(18)17-15(20-2)7-8-21-17/h3-10,16H,1-2H3. The van der Waals surface area contributed by atoms with Crippen molar-refractivity contribution >= 4 is 33.7 Å². The summed E-state index contributed by atoms with van der Waals surface area (Å²) in [5.41, 5.74) is 1.06. The second kappa shape index (κ2) is 5.96. The van der Waals surface area contributed by atoms with E-state index in [2.05, 4.69) is 18.2 Å². The van der Waals surface area contributed by atoms with E-state index in [1.165, 1.54) is 0 Å². The highest BCUT2D eigenvalue weighted by Gasteiger charge is 2.17. The SMILES string of the molecule is COc1ccc2cc(C(Cl)c3sccc3OC)ccc2c1. The molecule has 3 aromatic rings. The summed E-state index contributed by atoms with van der Waals surface area (Å²) in [6.45, 7) is 0. The van der Waals surface area contributed by atoms with E-state index in [1.807, 2.05) is 29.6 Å². The Morgan fingerprint density at radius 2 is 1.71 bits per heavy atom. The number of ether oxygens (including phenoxy) is 2. The fourth-order valence-electron chi connectivity index (χ4n) is 2.34. The fraction of sp³-hybridized carbons (Fsp3) is 0.176. The van der Waals surface area contributed by atoms with Crippen molar-refractivity contribution in [2.24, 2.45) is 0 Å². The minimum atomic E-state index is -0.202. The average Bonchev–Trinajstić information content (AvgIpc) is 3.01. The van der Waals surface area contributed by atoms with Gasteiger partial charge in [-0.2, -0.15) is 0 Å². The third-order valence-corrected chi connectivity index (χ3v) is 5.03. The Bertz CT molecular complexity index is 766. The maximum atomic E-state index is 6.62. The quantitative estimate of drug-likeness (QED) is 0.612. The van der Waals surface area contributed by atoms with Crippen molar-refractivity contribution in [2.75, 3.05) is 14.2 Å². The van der Waals surface area contributed by atoms with Gasteiger partial charge in [-0.25, -0.2) is 0 Å². The van der Waals surface area contributed by atoms with E-state index in [1.54, 1.807) is 25.6 Å². The lowest BCUT2D eigenvalue weighted by molar-refractivity contribution is 0.413. The van der Waals surface area contributed by atoms with Crippen LogP contribution in [-0.4, -0.2) is 14.2 Å². The third kappa shape index (κ3) is 2.71. The van der Waals surface area contributed by atoms with Crippen LogP contribution >= 0.6 is 22.9 Å². The van der Waals surface area contributed by atoms with Gasteiger partial charge in [0.2, 0.25) is 0 Å². The number of benzene rings is 2. The summed E-state index contributed by atoms with van der Waals surface area (Å²) in [4.78, 5) is 1.03. The first-order chi connectivity index (χ1) is 10.2. The van der Waals surface area contributed by atoms with Crippen molar-refractivity contribution in [1.29, 1.82) is 0 Å². The molecule has 3 rings (SSSR count). The zero-order chi connectivity index (χ0) is 14.8. The Morgan fingerprint density at radius 1 is 0.952 bits per heavy atom. The van der Waals surface area contributed by atoms with Crippen LogP contribution in [0.2, 0.25) is 0 Å². The van der Waals surface area contributed by atoms with Gasteiger partial charge in [-0.3, -0.25) is 0 Å². The summed E-state index contributed by atoms with van der Waals surface area (Å²) in [7, 11) is 3.34. The second-order valence-corrected chi connectivity index (χ2v) is 6.07. The topological polar surface area (TPSA) is 18.5 Å². The molecule has 108 valence electrons. The van der Waals surface area contributed by atoms with Crippen LogP contribution in [0.25, 0.3) is 10.8 Å². The van der Waals surface area contributed by atoms with Gasteiger partial charge in [0.15, 0.2) is 0 Å². The van der Waals surface area contributed by atoms with Crippen LogP contribution in [0.15, 0.2) is 47.8 Å². The van der Waals surface area contributed by atoms with Gasteiger partial charge in [-0.15, -0.1) is 22.9 Å². The highest BCUT2D eigenvalue weighted by Crippen LogP contribution is 2.39. The van der Waals surface area contributed by atoms with Gasteiger partial charge in [0.05, 0.1) is 24.5 Å². The van der Waals surface area contributed by atoms with Gasteiger partial charge in [-0.05, 0) is 46.0 Å². The smallest absolute Gasteiger partial charge is 0.134 e. The number of alkyl halides is 1. The van der Waals surface area contributed by atoms with Crippen molar-refractivity contribution < 1.29 is 9.47 Å². The number of halogens is 1. The number of thiophene rings is 1. The summed E-state index contributed by atoms with van der Waals surface area (Å²) in [5.74, 6) is 1.70. The molecule has 0 aliphatic carbocycles. The Labute approximate surface area is 132 Å². The lowest BCUT2D eigenvalue weighted by Gasteiger charge is -2.12. The summed E-state index contributed by atoms with van der Waals surface area (Å²) in [5, 5.41) is 4.08. The third-order valence-electron chi connectivity index (χ3n) is 3.47. The molecule has 1 aromatic heterocycles. The molecular formula is C17H15ClO2S. The van der Waals surface area contributed by atoms with Gasteiger partial charge in [0.25, 0.3) is 0 Å². The van der Waals surface area contributed by atoms with Crippen LogP contribution in [0.1, 0.15) is 15.8 Å². The number of fused-ring (bicyclic) bond motifs is 1. The summed E-state index contributed by atoms with van der Waals surface area (Å²) >= 11 is 8.23. The van der Waals surface area contributed by atoms with Gasteiger partial charge in [0.1, 0.15) is 11.5 Å². The van der Waals surface area contributed by atoms with Crippen LogP contribution in [-0.2, 0) is 0 Å². The van der Waals surface area contributed by atoms with Crippen LogP contribution in [0.4, 0.5) is 0 Å². The monoisotopic (exact) mass is 318 g/mol. The van der Waals surface area contributed by atoms with Gasteiger partial charge >= 0.3 is 0 Å². The zero-order valence-electron chi connectivity index (χ0n) is 11.8. The molecule has 0 bridgehead atoms. The summed E-state index contributed by atoms with van der Waals surface area (Å²) in [6, 6.07) is 14.2. The highest BCUT2D eigenvalue weighted by molar-refractivity contribution is 7.10. The zero-order valence-corrected chi connectivity index (χ0v) is 13.4. The van der Waals surface area contributed by atoms with Gasteiger partial charge in [-0.1, -0.05) is 18.2 Å². The molecule has 0 saturated carbocycles. The molecule has 0 fully saturated rings. The molecule has 1 atom stereocenters. The first-order valence-electron chi connectivity index (χ1n) is 6.56. The number of methoxy groups -OCH3 is 2. The van der Waals surface area contributed by atoms with Crippen LogP contribution in [0, 0.1) is 0 Å². The lowest BCUT2D eigenvalue weighted by Crippen LogP contribution is -1.93. The Balaban J connectivity index is 2.01. The van der Waals surface area contributed by atoms with Crippen molar-refractivity contribution in [2.45, 2.75) is 5.38 Å². The first kappa shape index (κ1) is 14.2. The molecule has 0 aliphatic rings. The molecule has 21 heavy (non-hydrogen) atoms. The van der Waals surface area contributed by atoms with E-state index in [0.717, 1.165) is 32.7 Å². The fourth-order valence-corrected chi connectivity index (χ4v) is 3.60. The van der Waals surface area contributed by atoms with Crippen LogP contribution in [0.3, 0.4) is 0 Å². The largest absolute Gasteiger partial charge is 0.497 e. The maximum absolute atomic E-state index is 6.62. The van der Waals surface area contributed by atoms with Gasteiger partial charge in [0, 0.05) is 0 Å². The molecule has 0 spiro atoms. The molecule has 0 saturated heterocycles. The normalized spacial score (nSPS) is 12.3. The van der Waals surface area contributed by atoms with E-state index in [4.69, 9.17) is 21.1 Å². The van der Waals surface area contributed by atoms with E-state index < -0.39 is 0 Å². The molecular weight excluding hydrogens is 304 g/mol. The predicted molar refractivity (Wildman–Crippen MR) is 89.1 cm³/mol. The van der Waals surface area contributed by atoms with Crippen molar-refractivity contribution in [1.82, 2.24) is 0 Å². The van der Waals surface area contributed by atoms with E-state index in [-0.39, 0.29) is 5.38 Å². The van der Waals surface area contributed by atoms with E-state index in [0.29, 0.717) is 0 Å². The molecule has 1 heterocycles. The van der Waals surface area contributed by atoms with Crippen LogP contribution < -0.4 is 9.47 Å². The van der Waals surface area contributed by atoms with Crippen LogP contribution in [0.5, 0.6) is 11.5 Å². The first-order valence-corrected chi connectivity index (χ1v) is 7.87. The van der Waals surface area contributed by atoms with Crippen molar-refractivity contribution in [3.8, 4) is 11.5 Å². The molecule has 0 amide bonds. The second-order valence-electron chi connectivity index (χ2n) is 4.69. The Morgan fingerprint density at radius 3 is 2.48 bits per heavy atom. The summed E-state index contributed by atoms with van der Waals surface area (Å²) in [6.07, 6.45) is 0. The minimum absolute atomic E-state index is 0.202. The van der Waals surface area contributed by atoms with E-state index >= 15 is 0 Å². The molecule has 0 radical (unpaired) electrons. The number of hydrogen-bond donors (Lipinski definition) is 0. The van der Waals surface area contributed by atoms with Crippen molar-refractivity contribution in [3.05, 3.63) is 58.3 Å². The molecule has 1 unspecified atom stereocenters. The number of rotatable bonds is 4. The molecule has 0 N–H and O–H groups in total. The Kier molecular flexibility index (Phi) is 4.04. The highest BCUT2D eigenvalue weighted by atomic mass is 35.5. The number of hydrogen-bond acceptors (Lipinski definition) is 3. The molecule has 0 aliphatic heterocycles. The van der Waals surface area contributed by atoms with Gasteiger partial charge < -0.3 is 9.47 Å². The van der Waals surface area contributed by atoms with Crippen molar-refractivity contribution in [3.63, 3.8) is 0 Å². The average molecular weight is 319 g/mol. The lowest BCUT2D eigenvalue weighted by atomic mass is 10.0. The van der Waals surface area contributed by atoms with E-state index in [9.17, 15) is 0 Å². The predicted octanol–water partition coefficient (Wildman–Crippen LogP) is 5.25. The summed E-state index contributed by atoms with van der Waals surface area (Å²) < 4.78 is 10.6.